The van der Waals surface area contributed by atoms with Gasteiger partial charge in [0.25, 0.3) is 5.56 Å². The number of nitrogens with one attached hydrogen (secondary N) is 2. The smallest absolute Gasteiger partial charge is 0.330 e. The summed E-state index contributed by atoms with van der Waals surface area (Å²) < 4.78 is 6.43. The Bertz CT molecular complexity index is 477. The lowest BCUT2D eigenvalue weighted by Crippen LogP contribution is -2.34. The molecule has 0 aliphatic rings. The summed E-state index contributed by atoms with van der Waals surface area (Å²) in [7, 11) is 0. The number of anilines is 2. The molecule has 0 aliphatic heterocycles. The Labute approximate surface area is 98.6 Å². The average molecular weight is 242 g/mol. The van der Waals surface area contributed by atoms with Crippen molar-refractivity contribution in [1.82, 2.24) is 9.55 Å². The van der Waals surface area contributed by atoms with E-state index in [1.807, 2.05) is 6.92 Å². The first-order valence-electron chi connectivity index (χ1n) is 5.56. The number of aromatic nitrogens is 2. The van der Waals surface area contributed by atoms with Gasteiger partial charge in [-0.3, -0.25) is 14.3 Å². The molecule has 1 aromatic rings. The molecule has 4 N–H and O–H groups in total. The second kappa shape index (κ2) is 6.09. The van der Waals surface area contributed by atoms with Gasteiger partial charge in [-0.1, -0.05) is 0 Å². The fourth-order valence-corrected chi connectivity index (χ4v) is 1.47. The maximum Gasteiger partial charge on any atom is 0.330 e. The highest BCUT2D eigenvalue weighted by Crippen LogP contribution is 2.08. The van der Waals surface area contributed by atoms with Crippen LogP contribution in [0, 0.1) is 0 Å². The third kappa shape index (κ3) is 3.10. The van der Waals surface area contributed by atoms with Crippen molar-refractivity contribution in [3.63, 3.8) is 0 Å². The van der Waals surface area contributed by atoms with Crippen molar-refractivity contribution in [1.29, 1.82) is 0 Å². The minimum atomic E-state index is -0.506. The quantitative estimate of drug-likeness (QED) is 0.588. The largest absolute Gasteiger partial charge is 0.383 e. The first kappa shape index (κ1) is 13.3. The molecule has 0 aromatic carbocycles. The van der Waals surface area contributed by atoms with Gasteiger partial charge in [0.1, 0.15) is 11.5 Å². The van der Waals surface area contributed by atoms with E-state index < -0.39 is 11.2 Å². The van der Waals surface area contributed by atoms with Gasteiger partial charge in [-0.25, -0.2) is 4.79 Å². The molecule has 0 saturated heterocycles. The highest BCUT2D eigenvalue weighted by atomic mass is 16.5. The lowest BCUT2D eigenvalue weighted by atomic mass is 10.4. The summed E-state index contributed by atoms with van der Waals surface area (Å²) in [6.45, 7) is 5.62. The predicted molar refractivity (Wildman–Crippen MR) is 66.4 cm³/mol. The van der Waals surface area contributed by atoms with Gasteiger partial charge < -0.3 is 15.8 Å². The highest BCUT2D eigenvalue weighted by molar-refractivity contribution is 5.60. The highest BCUT2D eigenvalue weighted by Gasteiger charge is 2.10. The first-order valence-corrected chi connectivity index (χ1v) is 5.56. The molecular weight excluding hydrogens is 224 g/mol. The Morgan fingerprint density at radius 3 is 2.71 bits per heavy atom. The van der Waals surface area contributed by atoms with E-state index >= 15 is 0 Å². The van der Waals surface area contributed by atoms with Crippen LogP contribution in [0.5, 0.6) is 0 Å². The Kier molecular flexibility index (Phi) is 4.77. The Morgan fingerprint density at radius 1 is 1.41 bits per heavy atom. The summed E-state index contributed by atoms with van der Waals surface area (Å²) in [4.78, 5) is 25.1. The fraction of sp³-hybridized carbons (Fsp3) is 0.600. The predicted octanol–water partition coefficient (Wildman–Crippen LogP) is -0.413. The van der Waals surface area contributed by atoms with Gasteiger partial charge in [0, 0.05) is 19.7 Å². The van der Waals surface area contributed by atoms with Crippen LogP contribution in [0.1, 0.15) is 13.8 Å². The molecule has 1 rings (SSSR count). The van der Waals surface area contributed by atoms with Crippen molar-refractivity contribution in [3.8, 4) is 0 Å². The Hall–Kier alpha value is -1.76. The van der Waals surface area contributed by atoms with Crippen LogP contribution >= 0.6 is 0 Å². The number of hydrogen-bond donors (Lipinski definition) is 3. The standard InChI is InChI=1S/C10H18N4O3/c1-3-14-8(11)7(9(15)13-10(14)16)12-5-6-17-4-2/h12H,3-6,11H2,1-2H3,(H,13,15,16). The lowest BCUT2D eigenvalue weighted by Gasteiger charge is -2.12. The minimum absolute atomic E-state index is 0.151. The van der Waals surface area contributed by atoms with Gasteiger partial charge in [-0.2, -0.15) is 0 Å². The van der Waals surface area contributed by atoms with Crippen molar-refractivity contribution in [2.24, 2.45) is 0 Å². The average Bonchev–Trinajstić information content (AvgIpc) is 2.28. The number of nitrogens with zero attached hydrogens (tertiary/aromatic N) is 1. The van der Waals surface area contributed by atoms with Gasteiger partial charge in [-0.15, -0.1) is 0 Å². The molecule has 0 bridgehead atoms. The summed E-state index contributed by atoms with van der Waals surface area (Å²) in [6.07, 6.45) is 0. The molecule has 0 unspecified atom stereocenters. The van der Waals surface area contributed by atoms with Gasteiger partial charge >= 0.3 is 5.69 Å². The number of aromatic amines is 1. The van der Waals surface area contributed by atoms with E-state index in [2.05, 4.69) is 10.3 Å². The second-order valence-electron chi connectivity index (χ2n) is 3.39. The van der Waals surface area contributed by atoms with Crippen molar-refractivity contribution >= 4 is 11.5 Å². The maximum atomic E-state index is 11.5. The summed E-state index contributed by atoms with van der Waals surface area (Å²) in [5.41, 5.74) is 4.96. The zero-order valence-corrected chi connectivity index (χ0v) is 10.1. The van der Waals surface area contributed by atoms with Crippen LogP contribution in [-0.4, -0.2) is 29.3 Å². The summed E-state index contributed by atoms with van der Waals surface area (Å²) >= 11 is 0. The van der Waals surface area contributed by atoms with E-state index in [4.69, 9.17) is 10.5 Å². The molecule has 0 amide bonds. The minimum Gasteiger partial charge on any atom is -0.383 e. The van der Waals surface area contributed by atoms with E-state index in [9.17, 15) is 9.59 Å². The summed E-state index contributed by atoms with van der Waals surface area (Å²) in [5, 5.41) is 2.86. The fourth-order valence-electron chi connectivity index (χ4n) is 1.47. The number of ether oxygens (including phenoxy) is 1. The lowest BCUT2D eigenvalue weighted by molar-refractivity contribution is 0.158. The molecule has 7 nitrogen and oxygen atoms in total. The van der Waals surface area contributed by atoms with Crippen LogP contribution in [0.15, 0.2) is 9.59 Å². The monoisotopic (exact) mass is 242 g/mol. The normalized spacial score (nSPS) is 10.5. The number of rotatable bonds is 6. The van der Waals surface area contributed by atoms with Crippen LogP contribution in [0.2, 0.25) is 0 Å². The van der Waals surface area contributed by atoms with E-state index in [0.717, 1.165) is 0 Å². The van der Waals surface area contributed by atoms with Crippen LogP contribution < -0.4 is 22.3 Å². The van der Waals surface area contributed by atoms with E-state index in [0.29, 0.717) is 26.3 Å². The molecule has 96 valence electrons. The molecule has 17 heavy (non-hydrogen) atoms. The second-order valence-corrected chi connectivity index (χ2v) is 3.39. The van der Waals surface area contributed by atoms with Crippen molar-refractivity contribution in [3.05, 3.63) is 20.8 Å². The number of hydrogen-bond acceptors (Lipinski definition) is 5. The molecule has 0 spiro atoms. The molecule has 0 fully saturated rings. The molecule has 0 aliphatic carbocycles. The SMILES string of the molecule is CCOCCNc1c(N)n(CC)c(=O)[nH]c1=O. The number of H-pyrrole nitrogens is 1. The number of nitrogens with two attached hydrogens (primary N) is 1. The zero-order chi connectivity index (χ0) is 12.8. The molecule has 7 heteroatoms. The van der Waals surface area contributed by atoms with Crippen molar-refractivity contribution < 1.29 is 4.74 Å². The molecule has 0 radical (unpaired) electrons. The van der Waals surface area contributed by atoms with E-state index in [1.54, 1.807) is 6.92 Å². The van der Waals surface area contributed by atoms with Crippen molar-refractivity contribution in [2.45, 2.75) is 20.4 Å². The number of nitrogen functional groups attached to an aromatic ring is 1. The molecule has 0 atom stereocenters. The van der Waals surface area contributed by atoms with Gasteiger partial charge in [0.15, 0.2) is 0 Å². The maximum absolute atomic E-state index is 11.5. The van der Waals surface area contributed by atoms with Crippen LogP contribution in [0.4, 0.5) is 11.5 Å². The van der Waals surface area contributed by atoms with Gasteiger partial charge in [0.2, 0.25) is 0 Å². The van der Waals surface area contributed by atoms with Crippen LogP contribution in [0.25, 0.3) is 0 Å². The summed E-state index contributed by atoms with van der Waals surface area (Å²) in [6, 6.07) is 0. The Morgan fingerprint density at radius 2 is 2.12 bits per heavy atom. The molecule has 0 saturated carbocycles. The van der Waals surface area contributed by atoms with Crippen LogP contribution in [0.3, 0.4) is 0 Å². The van der Waals surface area contributed by atoms with E-state index in [1.165, 1.54) is 4.57 Å². The first-order chi connectivity index (χ1) is 8.11. The summed E-state index contributed by atoms with van der Waals surface area (Å²) in [5.74, 6) is 0.151. The molecular formula is C10H18N4O3. The topological polar surface area (TPSA) is 102 Å². The third-order valence-electron chi connectivity index (χ3n) is 2.31. The van der Waals surface area contributed by atoms with Crippen molar-refractivity contribution in [2.75, 3.05) is 30.8 Å². The Balaban J connectivity index is 2.92. The zero-order valence-electron chi connectivity index (χ0n) is 10.1. The molecule has 1 aromatic heterocycles. The van der Waals surface area contributed by atoms with E-state index in [-0.39, 0.29) is 11.5 Å². The van der Waals surface area contributed by atoms with Crippen LogP contribution in [-0.2, 0) is 11.3 Å². The van der Waals surface area contributed by atoms with Gasteiger partial charge in [0.05, 0.1) is 6.61 Å². The molecule has 1 heterocycles. The van der Waals surface area contributed by atoms with Gasteiger partial charge in [-0.05, 0) is 13.8 Å². The third-order valence-corrected chi connectivity index (χ3v) is 2.31.